The van der Waals surface area contributed by atoms with Gasteiger partial charge in [-0.05, 0) is 30.5 Å². The van der Waals surface area contributed by atoms with Crippen molar-refractivity contribution in [3.8, 4) is 0 Å². The van der Waals surface area contributed by atoms with E-state index < -0.39 is 0 Å². The summed E-state index contributed by atoms with van der Waals surface area (Å²) in [5, 5.41) is 8.87. The number of urea groups is 1. The second-order valence-corrected chi connectivity index (χ2v) is 6.63. The van der Waals surface area contributed by atoms with Gasteiger partial charge in [-0.15, -0.1) is 0 Å². The van der Waals surface area contributed by atoms with E-state index in [1.807, 2.05) is 12.1 Å². The molecule has 0 unspecified atom stereocenters. The number of carbonyl (C=O) groups is 1. The van der Waals surface area contributed by atoms with Crippen LogP contribution in [-0.2, 0) is 6.54 Å². The quantitative estimate of drug-likeness (QED) is 0.841. The minimum Gasteiger partial charge on any atom is -0.282 e. The van der Waals surface area contributed by atoms with Gasteiger partial charge >= 0.3 is 6.03 Å². The van der Waals surface area contributed by atoms with Crippen molar-refractivity contribution in [2.24, 2.45) is 0 Å². The minimum absolute atomic E-state index is 0.127. The zero-order valence-corrected chi connectivity index (χ0v) is 13.8. The molecule has 1 aliphatic heterocycles. The molecular weight excluding hydrogens is 318 g/mol. The van der Waals surface area contributed by atoms with Gasteiger partial charge in [0.05, 0.1) is 6.54 Å². The molecule has 3 rings (SSSR count). The van der Waals surface area contributed by atoms with Gasteiger partial charge in [0.1, 0.15) is 0 Å². The summed E-state index contributed by atoms with van der Waals surface area (Å²) >= 11 is 11.2. The summed E-state index contributed by atoms with van der Waals surface area (Å²) in [5.41, 5.74) is 0.957. The lowest BCUT2D eigenvalue weighted by molar-refractivity contribution is 0.182. The fourth-order valence-electron chi connectivity index (χ4n) is 3.13. The number of amidine groups is 1. The zero-order valence-electron chi connectivity index (χ0n) is 12.2. The fraction of sp³-hybridized carbons (Fsp3) is 0.438. The van der Waals surface area contributed by atoms with Crippen LogP contribution in [0.3, 0.4) is 0 Å². The van der Waals surface area contributed by atoms with E-state index in [1.165, 1.54) is 11.3 Å². The molecule has 2 amide bonds. The Morgan fingerprint density at radius 3 is 2.45 bits per heavy atom. The third-order valence-corrected chi connectivity index (χ3v) is 4.99. The number of hydrogen-bond acceptors (Lipinski definition) is 3. The molecule has 1 saturated heterocycles. The molecule has 0 atom stereocenters. The molecule has 0 spiro atoms. The smallest absolute Gasteiger partial charge is 0.282 e. The Labute approximate surface area is 140 Å². The molecule has 1 aromatic rings. The van der Waals surface area contributed by atoms with Crippen LogP contribution in [0.2, 0.25) is 5.02 Å². The average molecular weight is 336 g/mol. The Morgan fingerprint density at radius 2 is 1.82 bits per heavy atom. The average Bonchev–Trinajstić information content (AvgIpc) is 2.74. The summed E-state index contributed by atoms with van der Waals surface area (Å²) in [5.74, 6) is 0.181. The van der Waals surface area contributed by atoms with E-state index in [4.69, 9.17) is 29.2 Å². The van der Waals surface area contributed by atoms with Crippen LogP contribution in [0.5, 0.6) is 0 Å². The maximum atomic E-state index is 12.7. The Morgan fingerprint density at radius 1 is 1.18 bits per heavy atom. The van der Waals surface area contributed by atoms with Gasteiger partial charge in [-0.1, -0.05) is 55.2 Å². The molecule has 1 heterocycles. The van der Waals surface area contributed by atoms with E-state index in [0.717, 1.165) is 31.2 Å². The number of nitrogens with zero attached hydrogens (tertiary/aromatic N) is 2. The van der Waals surface area contributed by atoms with Gasteiger partial charge in [-0.3, -0.25) is 15.2 Å². The van der Waals surface area contributed by atoms with E-state index in [2.05, 4.69) is 0 Å². The van der Waals surface area contributed by atoms with Crippen molar-refractivity contribution in [3.05, 3.63) is 34.9 Å². The monoisotopic (exact) mass is 335 g/mol. The molecule has 22 heavy (non-hydrogen) atoms. The Balaban J connectivity index is 1.77. The predicted molar refractivity (Wildman–Crippen MR) is 91.4 cm³/mol. The molecule has 0 radical (unpaired) electrons. The highest BCUT2D eigenvalue weighted by molar-refractivity contribution is 7.82. The Kier molecular flexibility index (Phi) is 4.45. The van der Waals surface area contributed by atoms with Crippen molar-refractivity contribution in [1.82, 2.24) is 9.80 Å². The van der Waals surface area contributed by atoms with Crippen molar-refractivity contribution >= 4 is 40.7 Å². The number of benzene rings is 1. The summed E-state index contributed by atoms with van der Waals surface area (Å²) in [6.45, 7) is 0.389. The first-order valence-electron chi connectivity index (χ1n) is 7.56. The van der Waals surface area contributed by atoms with Gasteiger partial charge < -0.3 is 0 Å². The second kappa shape index (κ2) is 6.34. The van der Waals surface area contributed by atoms with E-state index in [1.54, 1.807) is 17.0 Å². The summed E-state index contributed by atoms with van der Waals surface area (Å²) in [7, 11) is 0. The molecule has 1 N–H and O–H groups in total. The first kappa shape index (κ1) is 15.4. The topological polar surface area (TPSA) is 47.4 Å². The molecule has 4 nitrogen and oxygen atoms in total. The first-order chi connectivity index (χ1) is 10.6. The maximum absolute atomic E-state index is 12.7. The number of rotatable bonds is 3. The van der Waals surface area contributed by atoms with Gasteiger partial charge in [0.15, 0.2) is 10.8 Å². The Bertz CT molecular complexity index is 610. The molecule has 0 aromatic heterocycles. The molecule has 1 saturated carbocycles. The first-order valence-corrected chi connectivity index (χ1v) is 8.34. The van der Waals surface area contributed by atoms with Crippen LogP contribution >= 0.6 is 23.8 Å². The number of hydrogen-bond donors (Lipinski definition) is 1. The Hall–Kier alpha value is -1.46. The van der Waals surface area contributed by atoms with Crippen LogP contribution in [0.15, 0.2) is 24.3 Å². The highest BCUT2D eigenvalue weighted by Gasteiger charge is 2.42. The van der Waals surface area contributed by atoms with Gasteiger partial charge in [0.2, 0.25) is 0 Å². The van der Waals surface area contributed by atoms with Gasteiger partial charge in [-0.2, -0.15) is 0 Å². The lowest BCUT2D eigenvalue weighted by Gasteiger charge is -2.29. The van der Waals surface area contributed by atoms with Crippen LogP contribution < -0.4 is 0 Å². The van der Waals surface area contributed by atoms with Gasteiger partial charge in [0, 0.05) is 11.1 Å². The highest BCUT2D eigenvalue weighted by atomic mass is 35.5. The van der Waals surface area contributed by atoms with Crippen LogP contribution in [-0.4, -0.2) is 32.7 Å². The molecule has 0 bridgehead atoms. The van der Waals surface area contributed by atoms with E-state index in [0.29, 0.717) is 16.6 Å². The third kappa shape index (κ3) is 2.88. The summed E-state index contributed by atoms with van der Waals surface area (Å²) in [4.78, 5) is 16.1. The standard InChI is InChI=1S/C16H18ClN3OS/c17-12-8-6-11(7-9-12)10-19-15(22)14(18)20(16(19)21)13-4-2-1-3-5-13/h6-9,13,18H,1-5,10H2. The second-order valence-electron chi connectivity index (χ2n) is 5.81. The molecule has 1 aromatic carbocycles. The normalized spacial score (nSPS) is 20.1. The molecule has 2 aliphatic rings. The van der Waals surface area contributed by atoms with Crippen LogP contribution in [0.4, 0.5) is 4.79 Å². The summed E-state index contributed by atoms with van der Waals surface area (Å²) in [6, 6.07) is 7.32. The summed E-state index contributed by atoms with van der Waals surface area (Å²) < 4.78 is 0. The van der Waals surface area contributed by atoms with Crippen molar-refractivity contribution in [1.29, 1.82) is 5.41 Å². The number of amides is 2. The third-order valence-electron chi connectivity index (χ3n) is 4.32. The number of halogens is 1. The van der Waals surface area contributed by atoms with E-state index in [-0.39, 0.29) is 17.9 Å². The van der Waals surface area contributed by atoms with Gasteiger partial charge in [-0.25, -0.2) is 4.79 Å². The van der Waals surface area contributed by atoms with Crippen molar-refractivity contribution in [2.75, 3.05) is 0 Å². The van der Waals surface area contributed by atoms with E-state index >= 15 is 0 Å². The highest BCUT2D eigenvalue weighted by Crippen LogP contribution is 2.28. The molecule has 1 aliphatic carbocycles. The van der Waals surface area contributed by atoms with Crippen molar-refractivity contribution in [3.63, 3.8) is 0 Å². The largest absolute Gasteiger partial charge is 0.331 e. The molecule has 6 heteroatoms. The van der Waals surface area contributed by atoms with E-state index in [9.17, 15) is 4.79 Å². The minimum atomic E-state index is -0.156. The number of nitrogens with one attached hydrogen (secondary N) is 1. The van der Waals surface area contributed by atoms with Crippen LogP contribution in [0.1, 0.15) is 37.7 Å². The fourth-order valence-corrected chi connectivity index (χ4v) is 3.50. The number of thiocarbonyl (C=S) groups is 1. The molecule has 116 valence electrons. The zero-order chi connectivity index (χ0) is 15.7. The van der Waals surface area contributed by atoms with Gasteiger partial charge in [0.25, 0.3) is 0 Å². The number of carbonyl (C=O) groups excluding carboxylic acids is 1. The lowest BCUT2D eigenvalue weighted by Crippen LogP contribution is -2.42. The van der Waals surface area contributed by atoms with Crippen LogP contribution in [0.25, 0.3) is 0 Å². The van der Waals surface area contributed by atoms with Crippen molar-refractivity contribution < 1.29 is 4.79 Å². The predicted octanol–water partition coefficient (Wildman–Crippen LogP) is 4.21. The van der Waals surface area contributed by atoms with Crippen molar-refractivity contribution in [2.45, 2.75) is 44.7 Å². The maximum Gasteiger partial charge on any atom is 0.331 e. The lowest BCUT2D eigenvalue weighted by atomic mass is 9.94. The van der Waals surface area contributed by atoms with Crippen LogP contribution in [0, 0.1) is 5.41 Å². The summed E-state index contributed by atoms with van der Waals surface area (Å²) in [6.07, 6.45) is 5.37. The SMILES string of the molecule is N=C1C(=S)N(Cc2ccc(Cl)cc2)C(=O)N1C1CCCCC1. The molecule has 2 fully saturated rings. The molecular formula is C16H18ClN3OS.